The monoisotopic (exact) mass is 492 g/mol. The summed E-state index contributed by atoms with van der Waals surface area (Å²) in [6.07, 6.45) is 5.75. The van der Waals surface area contributed by atoms with Crippen LogP contribution in [0.4, 0.5) is 0 Å². The maximum atomic E-state index is 13.3. The van der Waals surface area contributed by atoms with Crippen LogP contribution < -0.4 is 4.74 Å². The number of aromatic nitrogens is 3. The van der Waals surface area contributed by atoms with E-state index in [4.69, 9.17) is 9.47 Å². The Morgan fingerprint density at radius 2 is 1.97 bits per heavy atom. The molecule has 1 fully saturated rings. The van der Waals surface area contributed by atoms with Crippen molar-refractivity contribution in [1.29, 1.82) is 0 Å². The predicted molar refractivity (Wildman–Crippen MR) is 130 cm³/mol. The Labute approximate surface area is 208 Å². The molecule has 0 radical (unpaired) electrons. The third-order valence-corrected chi connectivity index (χ3v) is 6.39. The predicted octanol–water partition coefficient (Wildman–Crippen LogP) is 3.14. The Balaban J connectivity index is 1.81. The molecule has 2 aromatic heterocycles. The molecule has 36 heavy (non-hydrogen) atoms. The van der Waals surface area contributed by atoms with Crippen LogP contribution in [0.25, 0.3) is 5.76 Å². The first-order valence-electron chi connectivity index (χ1n) is 11.4. The minimum Gasteiger partial charge on any atom is -0.507 e. The van der Waals surface area contributed by atoms with Gasteiger partial charge in [-0.3, -0.25) is 9.59 Å². The number of hydrogen-bond acceptors (Lipinski definition) is 7. The van der Waals surface area contributed by atoms with E-state index >= 15 is 0 Å². The van der Waals surface area contributed by atoms with Crippen LogP contribution >= 0.6 is 0 Å². The summed E-state index contributed by atoms with van der Waals surface area (Å²) < 4.78 is 12.1. The number of esters is 1. The number of Topliss-reactive ketones (excluding diaryl/α,β-unsaturated/α-hetero) is 1. The zero-order chi connectivity index (χ0) is 26.0. The number of H-pyrrole nitrogens is 1. The number of methoxy groups -OCH3 is 2. The smallest absolute Gasteiger partial charge is 0.354 e. The lowest BCUT2D eigenvalue weighted by Gasteiger charge is -2.25. The van der Waals surface area contributed by atoms with Crippen molar-refractivity contribution in [3.05, 3.63) is 76.6 Å². The van der Waals surface area contributed by atoms with Gasteiger partial charge in [-0.15, -0.1) is 0 Å². The Kier molecular flexibility index (Phi) is 6.96. The van der Waals surface area contributed by atoms with E-state index in [1.165, 1.54) is 19.1 Å². The van der Waals surface area contributed by atoms with E-state index in [2.05, 4.69) is 9.97 Å². The van der Waals surface area contributed by atoms with E-state index in [1.807, 2.05) is 10.8 Å². The van der Waals surface area contributed by atoms with Crippen molar-refractivity contribution in [1.82, 2.24) is 19.4 Å². The van der Waals surface area contributed by atoms with Gasteiger partial charge < -0.3 is 29.0 Å². The average Bonchev–Trinajstić information content (AvgIpc) is 3.57. The maximum Gasteiger partial charge on any atom is 0.354 e. The minimum absolute atomic E-state index is 0.0440. The van der Waals surface area contributed by atoms with E-state index in [0.29, 0.717) is 41.1 Å². The molecular formula is C26H28N4O6. The molecule has 188 valence electrons. The molecule has 4 rings (SSSR count). The number of aliphatic hydroxyl groups excluding tert-OH is 1. The molecule has 0 aliphatic carbocycles. The summed E-state index contributed by atoms with van der Waals surface area (Å²) in [5, 5.41) is 11.5. The summed E-state index contributed by atoms with van der Waals surface area (Å²) in [4.78, 5) is 47.1. The number of rotatable bonds is 8. The molecule has 3 aromatic rings. The quantitative estimate of drug-likeness (QED) is 0.214. The maximum absolute atomic E-state index is 13.3. The molecule has 2 N–H and O–H groups in total. The number of carbonyl (C=O) groups excluding carboxylic acids is 3. The molecule has 1 saturated heterocycles. The lowest BCUT2D eigenvalue weighted by atomic mass is 9.94. The molecule has 1 atom stereocenters. The molecule has 1 aliphatic heterocycles. The Morgan fingerprint density at radius 1 is 1.19 bits per heavy atom. The number of nitrogens with zero attached hydrogens (tertiary/aromatic N) is 3. The van der Waals surface area contributed by atoms with Gasteiger partial charge in [-0.1, -0.05) is 12.1 Å². The number of likely N-dealkylation sites (tertiary alicyclic amines) is 1. The van der Waals surface area contributed by atoms with Crippen molar-refractivity contribution in [2.75, 3.05) is 20.8 Å². The van der Waals surface area contributed by atoms with Gasteiger partial charge in [-0.25, -0.2) is 9.78 Å². The summed E-state index contributed by atoms with van der Waals surface area (Å²) in [6, 6.07) is 6.22. The third kappa shape index (κ3) is 4.37. The number of aryl methyl sites for hydroxylation is 2. The normalized spacial score (nSPS) is 17.0. The van der Waals surface area contributed by atoms with Crippen LogP contribution in [0.3, 0.4) is 0 Å². The first kappa shape index (κ1) is 24.8. The molecule has 3 heterocycles. The van der Waals surface area contributed by atoms with Crippen LogP contribution in [0.2, 0.25) is 0 Å². The molecule has 1 amide bonds. The number of ketones is 1. The number of hydrogen-bond donors (Lipinski definition) is 2. The Hall–Kier alpha value is -4.34. The number of imidazole rings is 1. The van der Waals surface area contributed by atoms with Crippen molar-refractivity contribution < 1.29 is 29.0 Å². The first-order valence-corrected chi connectivity index (χ1v) is 11.4. The number of benzene rings is 1. The number of nitrogens with one attached hydrogen (secondary N) is 1. The SMILES string of the molecule is COC(=O)c1[nH]c(C)c(/C(O)=C2\C(=O)C(=O)N(CCCn3ccnc3)[C@@H]2c2cccc(OC)c2)c1C. The summed E-state index contributed by atoms with van der Waals surface area (Å²) in [6.45, 7) is 4.20. The second kappa shape index (κ2) is 10.1. The van der Waals surface area contributed by atoms with Gasteiger partial charge in [0, 0.05) is 36.7 Å². The van der Waals surface area contributed by atoms with Crippen molar-refractivity contribution >= 4 is 23.4 Å². The van der Waals surface area contributed by atoms with E-state index in [9.17, 15) is 19.5 Å². The topological polar surface area (TPSA) is 127 Å². The zero-order valence-corrected chi connectivity index (χ0v) is 20.6. The summed E-state index contributed by atoms with van der Waals surface area (Å²) in [7, 11) is 2.79. The molecule has 0 saturated carbocycles. The third-order valence-electron chi connectivity index (χ3n) is 6.39. The standard InChI is InChI=1S/C26H28N4O6/c1-15-19(16(2)28-21(15)26(34)36-4)23(31)20-22(17-7-5-8-18(13-17)35-3)30(25(33)24(20)32)11-6-10-29-12-9-27-14-29/h5,7-9,12-14,22,28,31H,6,10-11H2,1-4H3/b23-20+/t22-/m1/s1. The number of carbonyl (C=O) groups is 3. The molecule has 0 bridgehead atoms. The molecule has 0 unspecified atom stereocenters. The average molecular weight is 493 g/mol. The van der Waals surface area contributed by atoms with Crippen molar-refractivity contribution in [3.63, 3.8) is 0 Å². The molecule has 0 spiro atoms. The van der Waals surface area contributed by atoms with Gasteiger partial charge >= 0.3 is 5.97 Å². The van der Waals surface area contributed by atoms with E-state index < -0.39 is 23.7 Å². The minimum atomic E-state index is -0.835. The second-order valence-electron chi connectivity index (χ2n) is 8.54. The highest BCUT2D eigenvalue weighted by Crippen LogP contribution is 2.41. The van der Waals surface area contributed by atoms with Crippen molar-refractivity contribution in [2.24, 2.45) is 0 Å². The van der Waals surface area contributed by atoms with Gasteiger partial charge in [0.15, 0.2) is 0 Å². The van der Waals surface area contributed by atoms with Crippen LogP contribution in [0.1, 0.15) is 45.3 Å². The molecule has 1 aromatic carbocycles. The van der Waals surface area contributed by atoms with Crippen LogP contribution in [0, 0.1) is 13.8 Å². The first-order chi connectivity index (χ1) is 17.3. The van der Waals surface area contributed by atoms with Gasteiger partial charge in [0.1, 0.15) is 17.2 Å². The highest BCUT2D eigenvalue weighted by Gasteiger charge is 2.46. The highest BCUT2D eigenvalue weighted by atomic mass is 16.5. The zero-order valence-electron chi connectivity index (χ0n) is 20.6. The number of amides is 1. The molecular weight excluding hydrogens is 464 g/mol. The van der Waals surface area contributed by atoms with Crippen LogP contribution in [0.5, 0.6) is 5.75 Å². The highest BCUT2D eigenvalue weighted by molar-refractivity contribution is 6.46. The molecule has 1 aliphatic rings. The van der Waals surface area contributed by atoms with Gasteiger partial charge in [-0.2, -0.15) is 0 Å². The number of ether oxygens (including phenoxy) is 2. The van der Waals surface area contributed by atoms with E-state index in [-0.39, 0.29) is 23.6 Å². The summed E-state index contributed by atoms with van der Waals surface area (Å²) in [5.74, 6) is -1.88. The summed E-state index contributed by atoms with van der Waals surface area (Å²) >= 11 is 0. The lowest BCUT2D eigenvalue weighted by Crippen LogP contribution is -2.31. The van der Waals surface area contributed by atoms with Crippen molar-refractivity contribution in [3.8, 4) is 5.75 Å². The number of aliphatic hydroxyl groups is 1. The van der Waals surface area contributed by atoms with Crippen LogP contribution in [-0.4, -0.2) is 63.0 Å². The van der Waals surface area contributed by atoms with E-state index in [0.717, 1.165) is 0 Å². The van der Waals surface area contributed by atoms with Crippen LogP contribution in [0.15, 0.2) is 48.6 Å². The van der Waals surface area contributed by atoms with Crippen LogP contribution in [-0.2, 0) is 20.9 Å². The molecule has 10 nitrogen and oxygen atoms in total. The van der Waals surface area contributed by atoms with Gasteiger partial charge in [0.25, 0.3) is 11.7 Å². The van der Waals surface area contributed by atoms with E-state index in [1.54, 1.807) is 50.6 Å². The van der Waals surface area contributed by atoms with Crippen molar-refractivity contribution in [2.45, 2.75) is 32.9 Å². The Morgan fingerprint density at radius 3 is 2.64 bits per heavy atom. The van der Waals surface area contributed by atoms with Gasteiger partial charge in [0.2, 0.25) is 0 Å². The summed E-state index contributed by atoms with van der Waals surface area (Å²) in [5.41, 5.74) is 1.94. The fourth-order valence-electron chi connectivity index (χ4n) is 4.66. The molecule has 10 heteroatoms. The number of aromatic amines is 1. The van der Waals surface area contributed by atoms with Gasteiger partial charge in [-0.05, 0) is 43.5 Å². The second-order valence-corrected chi connectivity index (χ2v) is 8.54. The fraction of sp³-hybridized carbons (Fsp3) is 0.308. The lowest BCUT2D eigenvalue weighted by molar-refractivity contribution is -0.139. The largest absolute Gasteiger partial charge is 0.507 e. The fourth-order valence-corrected chi connectivity index (χ4v) is 4.66. The Bertz CT molecular complexity index is 1340. The van der Waals surface area contributed by atoms with Gasteiger partial charge in [0.05, 0.1) is 32.2 Å².